The summed E-state index contributed by atoms with van der Waals surface area (Å²) in [6.45, 7) is 0.553. The minimum atomic E-state index is -4.47. The number of aliphatic hydroxyl groups excluding tert-OH is 1. The van der Waals surface area contributed by atoms with Gasteiger partial charge in [0.1, 0.15) is 5.82 Å². The number of alkyl halides is 3. The molecule has 1 aliphatic carbocycles. The van der Waals surface area contributed by atoms with Crippen LogP contribution in [0.3, 0.4) is 0 Å². The van der Waals surface area contributed by atoms with Crippen LogP contribution < -0.4 is 10.9 Å². The number of rotatable bonds is 5. The third-order valence-corrected chi connectivity index (χ3v) is 6.46. The molecule has 9 heteroatoms. The zero-order chi connectivity index (χ0) is 23.2. The van der Waals surface area contributed by atoms with E-state index in [0.29, 0.717) is 30.0 Å². The number of nitrogens with one attached hydrogen (secondary N) is 2. The fraction of sp³-hybridized carbons (Fsp3) is 0.333. The third kappa shape index (κ3) is 4.14. The number of benzene rings is 2. The molecule has 172 valence electrons. The van der Waals surface area contributed by atoms with Gasteiger partial charge in [0, 0.05) is 25.2 Å². The first-order valence-corrected chi connectivity index (χ1v) is 10.8. The summed E-state index contributed by atoms with van der Waals surface area (Å²) < 4.78 is 38.9. The van der Waals surface area contributed by atoms with Gasteiger partial charge in [0.15, 0.2) is 6.35 Å². The number of H-pyrrole nitrogens is 1. The van der Waals surface area contributed by atoms with E-state index in [1.165, 1.54) is 12.1 Å². The Morgan fingerprint density at radius 1 is 1.12 bits per heavy atom. The molecule has 1 aromatic heterocycles. The van der Waals surface area contributed by atoms with Gasteiger partial charge in [-0.1, -0.05) is 36.4 Å². The molecule has 3 N–H and O–H groups in total. The Morgan fingerprint density at radius 3 is 2.58 bits per heavy atom. The van der Waals surface area contributed by atoms with Crippen molar-refractivity contribution in [3.05, 3.63) is 93.2 Å². The highest BCUT2D eigenvalue weighted by Gasteiger charge is 2.48. The number of aromatic nitrogens is 2. The lowest BCUT2D eigenvalue weighted by molar-refractivity contribution is -0.137. The van der Waals surface area contributed by atoms with Crippen LogP contribution in [0.15, 0.2) is 59.4 Å². The Bertz CT molecular complexity index is 1220. The second-order valence-corrected chi connectivity index (χ2v) is 8.60. The quantitative estimate of drug-likeness (QED) is 0.511. The monoisotopic (exact) mass is 456 g/mol. The molecule has 0 amide bonds. The number of aromatic amines is 1. The molecule has 1 fully saturated rings. The van der Waals surface area contributed by atoms with E-state index in [-0.39, 0.29) is 23.2 Å². The van der Waals surface area contributed by atoms with Crippen LogP contribution in [0, 0.1) is 0 Å². The highest BCUT2D eigenvalue weighted by Crippen LogP contribution is 2.51. The molecule has 2 aromatic carbocycles. The van der Waals surface area contributed by atoms with Gasteiger partial charge in [-0.25, -0.2) is 4.98 Å². The van der Waals surface area contributed by atoms with E-state index < -0.39 is 18.1 Å². The van der Waals surface area contributed by atoms with Gasteiger partial charge >= 0.3 is 6.18 Å². The number of anilines is 1. The lowest BCUT2D eigenvalue weighted by Crippen LogP contribution is -2.46. The molecule has 2 heterocycles. The summed E-state index contributed by atoms with van der Waals surface area (Å²) in [7, 11) is 0. The SMILES string of the molecule is O=c1[nH]c(C2(c3ccccc3)CC2)nc2c1CN(C(O)Nc1cccc(C(F)(F)F)c1)CC2. The molecule has 0 saturated heterocycles. The van der Waals surface area contributed by atoms with Crippen LogP contribution >= 0.6 is 0 Å². The van der Waals surface area contributed by atoms with Crippen LogP contribution in [0.25, 0.3) is 0 Å². The van der Waals surface area contributed by atoms with E-state index in [9.17, 15) is 23.1 Å². The molecule has 5 rings (SSSR count). The molecule has 0 radical (unpaired) electrons. The van der Waals surface area contributed by atoms with Crippen LogP contribution in [0.1, 0.15) is 41.1 Å². The van der Waals surface area contributed by atoms with Crippen LogP contribution in [-0.2, 0) is 24.6 Å². The van der Waals surface area contributed by atoms with Gasteiger partial charge in [0.2, 0.25) is 0 Å². The molecular weight excluding hydrogens is 433 g/mol. The van der Waals surface area contributed by atoms with Crippen molar-refractivity contribution in [1.82, 2.24) is 14.9 Å². The van der Waals surface area contributed by atoms with Gasteiger partial charge in [-0.05, 0) is 36.6 Å². The van der Waals surface area contributed by atoms with Crippen molar-refractivity contribution in [2.24, 2.45) is 0 Å². The van der Waals surface area contributed by atoms with Crippen LogP contribution in [0.5, 0.6) is 0 Å². The molecule has 0 bridgehead atoms. The standard InChI is InChI=1S/C24H23F3N4O2/c25-24(26,27)16-7-4-8-17(13-16)28-22(33)31-12-9-19-18(14-31)20(32)30-21(29-19)23(10-11-23)15-5-2-1-3-6-15/h1-8,13,22,28,33H,9-12,14H2,(H,29,30,32). The Hall–Kier alpha value is -3.17. The molecule has 1 atom stereocenters. The highest BCUT2D eigenvalue weighted by atomic mass is 19.4. The first-order chi connectivity index (χ1) is 15.8. The topological polar surface area (TPSA) is 81.2 Å². The van der Waals surface area contributed by atoms with E-state index in [1.54, 1.807) is 4.90 Å². The van der Waals surface area contributed by atoms with Gasteiger partial charge in [0.05, 0.1) is 22.2 Å². The number of aliphatic hydroxyl groups is 1. The minimum Gasteiger partial charge on any atom is -0.361 e. The number of fused-ring (bicyclic) bond motifs is 1. The van der Waals surface area contributed by atoms with Crippen LogP contribution in [0.4, 0.5) is 18.9 Å². The summed E-state index contributed by atoms with van der Waals surface area (Å²) in [5, 5.41) is 13.3. The molecule has 6 nitrogen and oxygen atoms in total. The number of nitrogens with zero attached hydrogens (tertiary/aromatic N) is 2. The summed E-state index contributed by atoms with van der Waals surface area (Å²) in [5.74, 6) is 0.675. The zero-order valence-electron chi connectivity index (χ0n) is 17.7. The Labute approximate surface area is 188 Å². The van der Waals surface area contributed by atoms with Crippen molar-refractivity contribution in [1.29, 1.82) is 0 Å². The van der Waals surface area contributed by atoms with Crippen molar-refractivity contribution in [3.63, 3.8) is 0 Å². The number of halogens is 3. The zero-order valence-corrected chi connectivity index (χ0v) is 17.7. The molecule has 0 spiro atoms. The van der Waals surface area contributed by atoms with E-state index in [0.717, 1.165) is 30.5 Å². The van der Waals surface area contributed by atoms with Gasteiger partial charge < -0.3 is 15.4 Å². The third-order valence-electron chi connectivity index (χ3n) is 6.46. The van der Waals surface area contributed by atoms with Crippen molar-refractivity contribution in [2.45, 2.75) is 43.8 Å². The Kier molecular flexibility index (Phi) is 5.25. The van der Waals surface area contributed by atoms with Crippen LogP contribution in [0.2, 0.25) is 0 Å². The molecule has 1 saturated carbocycles. The predicted octanol–water partition coefficient (Wildman–Crippen LogP) is 3.61. The maximum atomic E-state index is 13.0. The number of hydrogen-bond acceptors (Lipinski definition) is 5. The maximum Gasteiger partial charge on any atom is 0.416 e. The number of hydrogen-bond donors (Lipinski definition) is 3. The molecule has 2 aliphatic rings. The van der Waals surface area contributed by atoms with Gasteiger partial charge in [-0.15, -0.1) is 0 Å². The minimum absolute atomic E-state index is 0.142. The molecular formula is C24H23F3N4O2. The Balaban J connectivity index is 1.34. The second kappa shape index (κ2) is 8.00. The highest BCUT2D eigenvalue weighted by molar-refractivity contribution is 5.47. The van der Waals surface area contributed by atoms with Crippen molar-refractivity contribution in [2.75, 3.05) is 11.9 Å². The summed E-state index contributed by atoms with van der Waals surface area (Å²) in [6, 6.07) is 14.6. The summed E-state index contributed by atoms with van der Waals surface area (Å²) in [4.78, 5) is 22.3. The molecule has 33 heavy (non-hydrogen) atoms. The second-order valence-electron chi connectivity index (χ2n) is 8.60. The predicted molar refractivity (Wildman–Crippen MR) is 117 cm³/mol. The molecule has 1 aliphatic heterocycles. The lowest BCUT2D eigenvalue weighted by Gasteiger charge is -2.32. The molecule has 1 unspecified atom stereocenters. The van der Waals surface area contributed by atoms with Crippen molar-refractivity contribution < 1.29 is 18.3 Å². The first kappa shape index (κ1) is 21.7. The summed E-state index contributed by atoms with van der Waals surface area (Å²) >= 11 is 0. The lowest BCUT2D eigenvalue weighted by atomic mass is 9.94. The largest absolute Gasteiger partial charge is 0.416 e. The normalized spacial score (nSPS) is 18.4. The van der Waals surface area contributed by atoms with Crippen molar-refractivity contribution >= 4 is 5.69 Å². The van der Waals surface area contributed by atoms with Crippen LogP contribution in [-0.4, -0.2) is 32.9 Å². The van der Waals surface area contributed by atoms with E-state index in [4.69, 9.17) is 4.98 Å². The fourth-order valence-corrected chi connectivity index (χ4v) is 4.45. The maximum absolute atomic E-state index is 13.0. The summed E-state index contributed by atoms with van der Waals surface area (Å²) in [6.07, 6.45) is -3.42. The smallest absolute Gasteiger partial charge is 0.361 e. The van der Waals surface area contributed by atoms with Gasteiger partial charge in [-0.2, -0.15) is 13.2 Å². The molecule has 3 aromatic rings. The first-order valence-electron chi connectivity index (χ1n) is 10.8. The van der Waals surface area contributed by atoms with Gasteiger partial charge in [-0.3, -0.25) is 9.69 Å². The van der Waals surface area contributed by atoms with Gasteiger partial charge in [0.25, 0.3) is 5.56 Å². The summed E-state index contributed by atoms with van der Waals surface area (Å²) in [5.41, 5.74) is 1.15. The van der Waals surface area contributed by atoms with Crippen molar-refractivity contribution in [3.8, 4) is 0 Å². The van der Waals surface area contributed by atoms with E-state index in [2.05, 4.69) is 10.3 Å². The van der Waals surface area contributed by atoms with E-state index >= 15 is 0 Å². The fourth-order valence-electron chi connectivity index (χ4n) is 4.45. The average Bonchev–Trinajstić information content (AvgIpc) is 3.61. The Morgan fingerprint density at radius 2 is 1.88 bits per heavy atom. The van der Waals surface area contributed by atoms with E-state index in [1.807, 2.05) is 30.3 Å². The average molecular weight is 456 g/mol.